The summed E-state index contributed by atoms with van der Waals surface area (Å²) < 4.78 is 39.3. The number of phenols is 1. The van der Waals surface area contributed by atoms with Gasteiger partial charge in [-0.05, 0) is 35.0 Å². The smallest absolute Gasteiger partial charge is 0.436 e. The zero-order chi connectivity index (χ0) is 17.2. The van der Waals surface area contributed by atoms with Gasteiger partial charge in [-0.3, -0.25) is 9.48 Å². The number of alkyl halides is 3. The Kier molecular flexibility index (Phi) is 4.98. The molecule has 0 spiro atoms. The van der Waals surface area contributed by atoms with E-state index in [4.69, 9.17) is 0 Å². The van der Waals surface area contributed by atoms with Gasteiger partial charge >= 0.3 is 6.18 Å². The van der Waals surface area contributed by atoms with Crippen LogP contribution in [0.15, 0.2) is 28.7 Å². The number of rotatable bonds is 4. The van der Waals surface area contributed by atoms with Crippen molar-refractivity contribution in [2.75, 3.05) is 5.32 Å². The first-order chi connectivity index (χ1) is 10.7. The molecule has 2 N–H and O–H groups in total. The summed E-state index contributed by atoms with van der Waals surface area (Å²) in [6.45, 7) is 1.47. The van der Waals surface area contributed by atoms with Crippen molar-refractivity contribution in [1.29, 1.82) is 0 Å². The number of benzene rings is 1. The number of hydrogen-bond acceptors (Lipinski definition) is 3. The molecule has 1 amide bonds. The number of halogens is 4. The monoisotopic (exact) mass is 391 g/mol. The molecule has 5 nitrogen and oxygen atoms in total. The van der Waals surface area contributed by atoms with Crippen LogP contribution in [-0.2, 0) is 17.5 Å². The maximum Gasteiger partial charge on any atom is 0.436 e. The number of aromatic hydroxyl groups is 1. The Morgan fingerprint density at radius 3 is 2.61 bits per heavy atom. The van der Waals surface area contributed by atoms with Crippen molar-refractivity contribution in [3.8, 4) is 5.75 Å². The maximum atomic E-state index is 12.8. The average Bonchev–Trinajstić information content (AvgIpc) is 2.75. The molecule has 9 heteroatoms. The molecule has 0 aliphatic carbocycles. The molecule has 1 aromatic carbocycles. The third-order valence-electron chi connectivity index (χ3n) is 3.13. The van der Waals surface area contributed by atoms with E-state index in [1.807, 2.05) is 0 Å². The van der Waals surface area contributed by atoms with E-state index in [-0.39, 0.29) is 34.6 Å². The summed E-state index contributed by atoms with van der Waals surface area (Å²) in [4.78, 5) is 11.8. The van der Waals surface area contributed by atoms with Crippen molar-refractivity contribution < 1.29 is 23.1 Å². The van der Waals surface area contributed by atoms with E-state index in [9.17, 15) is 23.1 Å². The number of aryl methyl sites for hydroxylation is 1. The van der Waals surface area contributed by atoms with Crippen LogP contribution in [0.5, 0.6) is 5.75 Å². The third-order valence-corrected chi connectivity index (χ3v) is 4.08. The second-order valence-corrected chi connectivity index (χ2v) is 5.58. The molecule has 124 valence electrons. The molecule has 0 radical (unpaired) electrons. The molecule has 1 aromatic heterocycles. The molecule has 0 saturated carbocycles. The molecule has 0 atom stereocenters. The second kappa shape index (κ2) is 6.61. The summed E-state index contributed by atoms with van der Waals surface area (Å²) in [5.74, 6) is -0.524. The highest BCUT2D eigenvalue weighted by molar-refractivity contribution is 9.10. The molecule has 0 unspecified atom stereocenters. The van der Waals surface area contributed by atoms with E-state index < -0.39 is 17.8 Å². The quantitative estimate of drug-likeness (QED) is 0.780. The number of aromatic nitrogens is 2. The molecule has 1 heterocycles. The number of para-hydroxylation sites is 2. The number of hydrogen-bond donors (Lipinski definition) is 2. The number of nitrogens with zero attached hydrogens (tertiary/aromatic N) is 2. The third kappa shape index (κ3) is 4.04. The zero-order valence-corrected chi connectivity index (χ0v) is 13.6. The lowest BCUT2D eigenvalue weighted by Crippen LogP contribution is -2.16. The van der Waals surface area contributed by atoms with Crippen LogP contribution in [0.1, 0.15) is 17.8 Å². The molecule has 2 aromatic rings. The second-order valence-electron chi connectivity index (χ2n) is 4.78. The molecule has 0 saturated heterocycles. The first-order valence-corrected chi connectivity index (χ1v) is 7.37. The van der Waals surface area contributed by atoms with E-state index in [1.165, 1.54) is 19.1 Å². The Morgan fingerprint density at radius 2 is 2.04 bits per heavy atom. The van der Waals surface area contributed by atoms with Gasteiger partial charge in [-0.1, -0.05) is 12.1 Å². The summed E-state index contributed by atoms with van der Waals surface area (Å²) in [5.41, 5.74) is -0.490. The van der Waals surface area contributed by atoms with Crippen LogP contribution in [-0.4, -0.2) is 20.8 Å². The van der Waals surface area contributed by atoms with Crippen LogP contribution in [0.25, 0.3) is 0 Å². The fraction of sp³-hybridized carbons (Fsp3) is 0.286. The molecule has 2 rings (SSSR count). The van der Waals surface area contributed by atoms with E-state index in [0.717, 1.165) is 4.68 Å². The van der Waals surface area contributed by atoms with Gasteiger partial charge in [0.25, 0.3) is 0 Å². The van der Waals surface area contributed by atoms with Gasteiger partial charge in [0.15, 0.2) is 5.69 Å². The lowest BCUT2D eigenvalue weighted by Gasteiger charge is -2.08. The Hall–Kier alpha value is -2.03. The van der Waals surface area contributed by atoms with E-state index in [0.29, 0.717) is 0 Å². The van der Waals surface area contributed by atoms with Gasteiger partial charge in [0.2, 0.25) is 5.91 Å². The van der Waals surface area contributed by atoms with Gasteiger partial charge in [0.1, 0.15) is 5.75 Å². The molecule has 0 fully saturated rings. The van der Waals surface area contributed by atoms with Crippen molar-refractivity contribution in [2.24, 2.45) is 0 Å². The van der Waals surface area contributed by atoms with Crippen molar-refractivity contribution in [1.82, 2.24) is 9.78 Å². The lowest BCUT2D eigenvalue weighted by molar-refractivity contribution is -0.142. The maximum absolute atomic E-state index is 12.8. The minimum atomic E-state index is -4.56. The van der Waals surface area contributed by atoms with Crippen LogP contribution in [0.2, 0.25) is 0 Å². The number of amides is 1. The van der Waals surface area contributed by atoms with Gasteiger partial charge in [-0.15, -0.1) is 0 Å². The Bertz CT molecular complexity index is 729. The van der Waals surface area contributed by atoms with Crippen LogP contribution in [0, 0.1) is 6.92 Å². The summed E-state index contributed by atoms with van der Waals surface area (Å²) in [7, 11) is 0. The van der Waals surface area contributed by atoms with Gasteiger partial charge in [-0.25, -0.2) is 0 Å². The molecule has 0 aliphatic heterocycles. The number of carbonyl (C=O) groups excluding carboxylic acids is 1. The largest absolute Gasteiger partial charge is 0.506 e. The minimum absolute atomic E-state index is 0.0139. The first-order valence-electron chi connectivity index (χ1n) is 6.58. The molecular formula is C14H13BrF3N3O2. The Morgan fingerprint density at radius 1 is 1.39 bits per heavy atom. The fourth-order valence-corrected chi connectivity index (χ4v) is 2.43. The predicted octanol–water partition coefficient (Wildman–Crippen LogP) is 3.71. The van der Waals surface area contributed by atoms with Crippen molar-refractivity contribution in [3.05, 3.63) is 40.1 Å². The SMILES string of the molecule is Cc1c(Br)c(C(F)(F)F)nn1CCC(=O)Nc1ccccc1O. The summed E-state index contributed by atoms with van der Waals surface area (Å²) in [6.07, 6.45) is -4.65. The molecule has 23 heavy (non-hydrogen) atoms. The lowest BCUT2D eigenvalue weighted by atomic mass is 10.3. The topological polar surface area (TPSA) is 67.2 Å². The van der Waals surface area contributed by atoms with Crippen molar-refractivity contribution >= 4 is 27.5 Å². The number of phenolic OH excluding ortho intramolecular Hbond substituents is 1. The highest BCUT2D eigenvalue weighted by atomic mass is 79.9. The fourth-order valence-electron chi connectivity index (χ4n) is 1.92. The van der Waals surface area contributed by atoms with Crippen molar-refractivity contribution in [3.63, 3.8) is 0 Å². The minimum Gasteiger partial charge on any atom is -0.506 e. The van der Waals surface area contributed by atoms with E-state index in [2.05, 4.69) is 26.3 Å². The van der Waals surface area contributed by atoms with Gasteiger partial charge in [-0.2, -0.15) is 18.3 Å². The molecule has 0 bridgehead atoms. The Labute approximate surface area is 138 Å². The van der Waals surface area contributed by atoms with Crippen LogP contribution in [0.3, 0.4) is 0 Å². The van der Waals surface area contributed by atoms with Gasteiger partial charge in [0.05, 0.1) is 22.4 Å². The van der Waals surface area contributed by atoms with Crippen LogP contribution in [0.4, 0.5) is 18.9 Å². The summed E-state index contributed by atoms with van der Waals surface area (Å²) in [6, 6.07) is 6.18. The standard InChI is InChI=1S/C14H13BrF3N3O2/c1-8-12(15)13(14(16,17)18)20-21(8)7-6-11(23)19-9-4-2-3-5-10(9)22/h2-5,22H,6-7H2,1H3,(H,19,23). The van der Waals surface area contributed by atoms with Gasteiger partial charge in [0, 0.05) is 6.42 Å². The van der Waals surface area contributed by atoms with Crippen LogP contribution < -0.4 is 5.32 Å². The highest BCUT2D eigenvalue weighted by Gasteiger charge is 2.37. The number of nitrogens with one attached hydrogen (secondary N) is 1. The Balaban J connectivity index is 2.04. The van der Waals surface area contributed by atoms with E-state index in [1.54, 1.807) is 12.1 Å². The van der Waals surface area contributed by atoms with Crippen molar-refractivity contribution in [2.45, 2.75) is 26.1 Å². The molecule has 0 aliphatic rings. The van der Waals surface area contributed by atoms with Crippen LogP contribution >= 0.6 is 15.9 Å². The number of anilines is 1. The predicted molar refractivity (Wildman–Crippen MR) is 81.0 cm³/mol. The molecular weight excluding hydrogens is 379 g/mol. The zero-order valence-electron chi connectivity index (χ0n) is 12.0. The van der Waals surface area contributed by atoms with Gasteiger partial charge < -0.3 is 10.4 Å². The normalized spacial score (nSPS) is 11.5. The average molecular weight is 392 g/mol. The first kappa shape index (κ1) is 17.3. The highest BCUT2D eigenvalue weighted by Crippen LogP contribution is 2.35. The summed E-state index contributed by atoms with van der Waals surface area (Å²) in [5, 5.41) is 15.5. The number of carbonyl (C=O) groups is 1. The van der Waals surface area contributed by atoms with E-state index >= 15 is 0 Å². The summed E-state index contributed by atoms with van der Waals surface area (Å²) >= 11 is 2.87.